The normalized spacial score (nSPS) is 16.2. The maximum absolute atomic E-state index is 12.5. The van der Waals surface area contributed by atoms with Crippen LogP contribution in [-0.2, 0) is 22.3 Å². The van der Waals surface area contributed by atoms with Gasteiger partial charge in [0.2, 0.25) is 0 Å². The van der Waals surface area contributed by atoms with E-state index in [9.17, 15) is 4.21 Å². The lowest BCUT2D eigenvalue weighted by atomic mass is 9.95. The van der Waals surface area contributed by atoms with Crippen LogP contribution in [0, 0.1) is 5.92 Å². The summed E-state index contributed by atoms with van der Waals surface area (Å²) in [6.45, 7) is 2.29. The molecule has 3 aromatic rings. The van der Waals surface area contributed by atoms with E-state index in [-0.39, 0.29) is 0 Å². The number of nitrogens with zero attached hydrogens (tertiary/aromatic N) is 3. The largest absolute Gasteiger partial charge is 0.496 e. The summed E-state index contributed by atoms with van der Waals surface area (Å²) in [5, 5.41) is 9.01. The SMILES string of the molecule is COc1cc(Cn2cccn2)cc2onc(NS(=O)CCCC3CCOCC3)c12. The second kappa shape index (κ2) is 9.41. The lowest BCUT2D eigenvalue weighted by molar-refractivity contribution is 0.0638. The molecule has 29 heavy (non-hydrogen) atoms. The molecule has 0 radical (unpaired) electrons. The van der Waals surface area contributed by atoms with E-state index in [1.165, 1.54) is 0 Å². The number of ether oxygens (including phenoxy) is 2. The van der Waals surface area contributed by atoms with Gasteiger partial charge < -0.3 is 14.0 Å². The first-order valence-corrected chi connectivity index (χ1v) is 11.2. The molecule has 2 aromatic heterocycles. The Morgan fingerprint density at radius 2 is 2.21 bits per heavy atom. The predicted octanol–water partition coefficient (Wildman–Crippen LogP) is 3.36. The summed E-state index contributed by atoms with van der Waals surface area (Å²) >= 11 is 0. The van der Waals surface area contributed by atoms with Gasteiger partial charge in [-0.2, -0.15) is 5.10 Å². The highest BCUT2D eigenvalue weighted by Crippen LogP contribution is 2.34. The third-order valence-corrected chi connectivity index (χ3v) is 6.30. The van der Waals surface area contributed by atoms with Gasteiger partial charge in [0.1, 0.15) is 22.1 Å². The van der Waals surface area contributed by atoms with Gasteiger partial charge in [0.05, 0.1) is 13.7 Å². The zero-order chi connectivity index (χ0) is 20.1. The van der Waals surface area contributed by atoms with E-state index in [4.69, 9.17) is 14.0 Å². The van der Waals surface area contributed by atoms with Crippen molar-refractivity contribution in [3.63, 3.8) is 0 Å². The third kappa shape index (κ3) is 4.97. The van der Waals surface area contributed by atoms with Gasteiger partial charge in [0, 0.05) is 31.4 Å². The molecule has 156 valence electrons. The molecule has 0 saturated carbocycles. The van der Waals surface area contributed by atoms with Crippen LogP contribution in [0.15, 0.2) is 35.1 Å². The molecule has 0 amide bonds. The third-order valence-electron chi connectivity index (χ3n) is 5.22. The fraction of sp³-hybridized carbons (Fsp3) is 0.500. The van der Waals surface area contributed by atoms with Crippen LogP contribution < -0.4 is 9.46 Å². The molecule has 1 aromatic carbocycles. The fourth-order valence-corrected chi connectivity index (χ4v) is 4.58. The van der Waals surface area contributed by atoms with Crippen LogP contribution in [-0.4, -0.2) is 45.2 Å². The first-order chi connectivity index (χ1) is 14.2. The van der Waals surface area contributed by atoms with E-state index < -0.39 is 11.0 Å². The number of nitrogens with one attached hydrogen (secondary N) is 1. The second-order valence-electron chi connectivity index (χ2n) is 7.26. The second-order valence-corrected chi connectivity index (χ2v) is 8.56. The number of rotatable bonds is 9. The van der Waals surface area contributed by atoms with Crippen molar-refractivity contribution in [1.82, 2.24) is 14.9 Å². The number of methoxy groups -OCH3 is 1. The maximum atomic E-state index is 12.5. The number of benzene rings is 1. The van der Waals surface area contributed by atoms with Crippen molar-refractivity contribution in [3.05, 3.63) is 36.2 Å². The maximum Gasteiger partial charge on any atom is 0.192 e. The van der Waals surface area contributed by atoms with Gasteiger partial charge in [-0.15, -0.1) is 0 Å². The molecule has 1 saturated heterocycles. The van der Waals surface area contributed by atoms with Gasteiger partial charge >= 0.3 is 0 Å². The molecular formula is C20H26N4O4S. The Morgan fingerprint density at radius 3 is 2.97 bits per heavy atom. The summed E-state index contributed by atoms with van der Waals surface area (Å²) in [6.07, 6.45) is 7.83. The summed E-state index contributed by atoms with van der Waals surface area (Å²) in [4.78, 5) is 0. The summed E-state index contributed by atoms with van der Waals surface area (Å²) in [7, 11) is 0.380. The number of fused-ring (bicyclic) bond motifs is 1. The molecule has 8 nitrogen and oxygen atoms in total. The van der Waals surface area contributed by atoms with Crippen LogP contribution in [0.5, 0.6) is 5.75 Å². The Morgan fingerprint density at radius 1 is 1.34 bits per heavy atom. The Bertz CT molecular complexity index is 951. The number of aromatic nitrogens is 3. The van der Waals surface area contributed by atoms with Crippen LogP contribution >= 0.6 is 0 Å². The lowest BCUT2D eigenvalue weighted by Crippen LogP contribution is -2.17. The minimum Gasteiger partial charge on any atom is -0.496 e. The number of hydrogen-bond acceptors (Lipinski definition) is 6. The summed E-state index contributed by atoms with van der Waals surface area (Å²) in [6, 6.07) is 5.72. The summed E-state index contributed by atoms with van der Waals surface area (Å²) in [5.74, 6) is 2.34. The first kappa shape index (κ1) is 19.9. The Balaban J connectivity index is 1.41. The van der Waals surface area contributed by atoms with Crippen LogP contribution in [0.1, 0.15) is 31.2 Å². The molecule has 1 atom stereocenters. The van der Waals surface area contributed by atoms with E-state index in [0.29, 0.717) is 40.8 Å². The van der Waals surface area contributed by atoms with Crippen LogP contribution in [0.2, 0.25) is 0 Å². The smallest absolute Gasteiger partial charge is 0.192 e. The van der Waals surface area contributed by atoms with Crippen LogP contribution in [0.4, 0.5) is 5.82 Å². The van der Waals surface area contributed by atoms with Gasteiger partial charge in [-0.1, -0.05) is 5.16 Å². The molecule has 1 aliphatic rings. The molecule has 0 spiro atoms. The standard InChI is InChI=1S/C20H26N4O4S/c1-26-17-12-16(14-24-8-3-7-21-24)13-18-19(17)20(22-28-18)23-29(25)11-2-4-15-5-9-27-10-6-15/h3,7-8,12-13,15H,2,4-6,9-11,14H2,1H3,(H,22,23). The molecule has 1 N–H and O–H groups in total. The van der Waals surface area contributed by atoms with Crippen molar-refractivity contribution < 1.29 is 18.2 Å². The zero-order valence-corrected chi connectivity index (χ0v) is 17.3. The van der Waals surface area contributed by atoms with E-state index >= 15 is 0 Å². The quantitative estimate of drug-likeness (QED) is 0.573. The monoisotopic (exact) mass is 418 g/mol. The molecule has 0 bridgehead atoms. The minimum absolute atomic E-state index is 0.451. The topological polar surface area (TPSA) is 91.4 Å². The van der Waals surface area contributed by atoms with Crippen molar-refractivity contribution in [3.8, 4) is 5.75 Å². The first-order valence-electron chi connectivity index (χ1n) is 9.89. The average molecular weight is 419 g/mol. The Hall–Kier alpha value is -2.39. The lowest BCUT2D eigenvalue weighted by Gasteiger charge is -2.21. The predicted molar refractivity (Wildman–Crippen MR) is 111 cm³/mol. The van der Waals surface area contributed by atoms with Gasteiger partial charge in [-0.25, -0.2) is 4.21 Å². The highest BCUT2D eigenvalue weighted by atomic mass is 32.2. The molecule has 1 unspecified atom stereocenters. The van der Waals surface area contributed by atoms with Gasteiger partial charge in [-0.05, 0) is 55.4 Å². The van der Waals surface area contributed by atoms with Crippen LogP contribution in [0.3, 0.4) is 0 Å². The molecule has 0 aliphatic carbocycles. The van der Waals surface area contributed by atoms with Crippen molar-refractivity contribution in [2.75, 3.05) is 30.8 Å². The highest BCUT2D eigenvalue weighted by Gasteiger charge is 2.18. The summed E-state index contributed by atoms with van der Waals surface area (Å²) < 4.78 is 33.7. The number of hydrogen-bond donors (Lipinski definition) is 1. The minimum atomic E-state index is -1.22. The number of anilines is 1. The van der Waals surface area contributed by atoms with Crippen molar-refractivity contribution in [2.24, 2.45) is 5.92 Å². The van der Waals surface area contributed by atoms with Crippen LogP contribution in [0.25, 0.3) is 11.0 Å². The molecule has 4 rings (SSSR count). The molecule has 3 heterocycles. The molecule has 1 aliphatic heterocycles. The van der Waals surface area contributed by atoms with E-state index in [0.717, 1.165) is 44.5 Å². The summed E-state index contributed by atoms with van der Waals surface area (Å²) in [5.41, 5.74) is 1.58. The molecular weight excluding hydrogens is 392 g/mol. The van der Waals surface area contributed by atoms with E-state index in [1.807, 2.05) is 29.1 Å². The van der Waals surface area contributed by atoms with E-state index in [1.54, 1.807) is 13.3 Å². The van der Waals surface area contributed by atoms with Gasteiger partial charge in [0.25, 0.3) is 0 Å². The average Bonchev–Trinajstić information content (AvgIpc) is 3.38. The van der Waals surface area contributed by atoms with Gasteiger partial charge in [-0.3, -0.25) is 9.40 Å². The fourth-order valence-electron chi connectivity index (χ4n) is 3.69. The highest BCUT2D eigenvalue weighted by molar-refractivity contribution is 7.86. The molecule has 9 heteroatoms. The van der Waals surface area contributed by atoms with Crippen molar-refractivity contribution in [2.45, 2.75) is 32.2 Å². The van der Waals surface area contributed by atoms with E-state index in [2.05, 4.69) is 15.0 Å². The van der Waals surface area contributed by atoms with Crippen molar-refractivity contribution >= 4 is 27.8 Å². The van der Waals surface area contributed by atoms with Crippen molar-refractivity contribution in [1.29, 1.82) is 0 Å². The zero-order valence-electron chi connectivity index (χ0n) is 16.5. The Kier molecular flexibility index (Phi) is 6.46. The Labute approximate surface area is 172 Å². The molecule has 1 fully saturated rings. The van der Waals surface area contributed by atoms with Gasteiger partial charge in [0.15, 0.2) is 11.4 Å².